The Morgan fingerprint density at radius 1 is 0.404 bits per heavy atom. The molecule has 9 rings (SSSR count). The molecule has 3 aromatic heterocycles. The number of nitrogens with zero attached hydrogens (tertiary/aromatic N) is 4. The Morgan fingerprint density at radius 2 is 1.02 bits per heavy atom. The van der Waals surface area contributed by atoms with Crippen molar-refractivity contribution in [1.82, 2.24) is 19.1 Å². The van der Waals surface area contributed by atoms with Crippen molar-refractivity contribution in [2.24, 2.45) is 7.05 Å². The molecule has 0 aliphatic heterocycles. The minimum absolute atomic E-state index is 0.942. The van der Waals surface area contributed by atoms with E-state index >= 15 is 0 Å². The van der Waals surface area contributed by atoms with E-state index < -0.39 is 0 Å². The van der Waals surface area contributed by atoms with E-state index in [1.54, 1.807) is 0 Å². The summed E-state index contributed by atoms with van der Waals surface area (Å²) in [7, 11) is 2.09. The van der Waals surface area contributed by atoms with Gasteiger partial charge in [0.1, 0.15) is 5.82 Å². The summed E-state index contributed by atoms with van der Waals surface area (Å²) in [6.07, 6.45) is 0. The lowest BCUT2D eigenvalue weighted by Crippen LogP contribution is -1.96. The molecule has 0 spiro atoms. The molecule has 6 aromatic carbocycles. The standard InChI is InChI=1S/C43H30N4/c1-46-41-20-8-6-16-39(41)45-43(46)33-25-26-36-35-15-5-7-19-40(35)47(42(36)28-33)34-14-9-13-32(27-34)38-18-10-17-37(44-38)31-23-21-30(22-24-31)29-11-3-2-4-12-29/h2-28H,1H3. The zero-order valence-corrected chi connectivity index (χ0v) is 25.9. The first kappa shape index (κ1) is 27.1. The Hall–Kier alpha value is -6.26. The third-order valence-electron chi connectivity index (χ3n) is 9.16. The number of rotatable bonds is 5. The van der Waals surface area contributed by atoms with Gasteiger partial charge in [-0.3, -0.25) is 0 Å². The predicted molar refractivity (Wildman–Crippen MR) is 195 cm³/mol. The van der Waals surface area contributed by atoms with Crippen LogP contribution in [0.15, 0.2) is 164 Å². The van der Waals surface area contributed by atoms with Crippen molar-refractivity contribution < 1.29 is 0 Å². The van der Waals surface area contributed by atoms with Crippen LogP contribution in [0.25, 0.3) is 83.6 Å². The lowest BCUT2D eigenvalue weighted by molar-refractivity contribution is 0.959. The molecule has 0 amide bonds. The highest BCUT2D eigenvalue weighted by Crippen LogP contribution is 2.36. The molecule has 0 aliphatic rings. The zero-order chi connectivity index (χ0) is 31.3. The van der Waals surface area contributed by atoms with Crippen molar-refractivity contribution in [1.29, 1.82) is 0 Å². The summed E-state index contributed by atoms with van der Waals surface area (Å²) in [6.45, 7) is 0. The number of aromatic nitrogens is 4. The number of pyridine rings is 1. The molecule has 0 bridgehead atoms. The predicted octanol–water partition coefficient (Wildman–Crippen LogP) is 10.7. The monoisotopic (exact) mass is 602 g/mol. The fraction of sp³-hybridized carbons (Fsp3) is 0.0233. The molecule has 0 radical (unpaired) electrons. The number of aryl methyl sites for hydroxylation is 1. The van der Waals surface area contributed by atoms with Gasteiger partial charge in [-0.15, -0.1) is 0 Å². The van der Waals surface area contributed by atoms with Gasteiger partial charge in [0.15, 0.2) is 0 Å². The molecule has 4 nitrogen and oxygen atoms in total. The van der Waals surface area contributed by atoms with Gasteiger partial charge in [-0.1, -0.05) is 115 Å². The van der Waals surface area contributed by atoms with Crippen molar-refractivity contribution >= 4 is 32.8 Å². The third-order valence-corrected chi connectivity index (χ3v) is 9.16. The Balaban J connectivity index is 1.14. The Bertz CT molecular complexity index is 2570. The maximum absolute atomic E-state index is 5.13. The van der Waals surface area contributed by atoms with Gasteiger partial charge in [-0.05, 0) is 59.7 Å². The molecule has 47 heavy (non-hydrogen) atoms. The molecular weight excluding hydrogens is 573 g/mol. The lowest BCUT2D eigenvalue weighted by atomic mass is 10.0. The highest BCUT2D eigenvalue weighted by atomic mass is 15.1. The lowest BCUT2D eigenvalue weighted by Gasteiger charge is -2.12. The number of fused-ring (bicyclic) bond motifs is 4. The molecule has 0 saturated carbocycles. The van der Waals surface area contributed by atoms with Crippen LogP contribution < -0.4 is 0 Å². The van der Waals surface area contributed by atoms with E-state index in [1.165, 1.54) is 27.4 Å². The Labute approximate surface area is 272 Å². The normalized spacial score (nSPS) is 11.5. The number of imidazole rings is 1. The van der Waals surface area contributed by atoms with Gasteiger partial charge in [0.05, 0.1) is 33.5 Å². The molecule has 0 unspecified atom stereocenters. The van der Waals surface area contributed by atoms with Crippen molar-refractivity contribution in [2.45, 2.75) is 0 Å². The maximum Gasteiger partial charge on any atom is 0.140 e. The van der Waals surface area contributed by atoms with Crippen molar-refractivity contribution in [3.8, 4) is 50.7 Å². The molecule has 222 valence electrons. The van der Waals surface area contributed by atoms with Crippen LogP contribution >= 0.6 is 0 Å². The van der Waals surface area contributed by atoms with Crippen LogP contribution in [-0.4, -0.2) is 19.1 Å². The molecule has 0 fully saturated rings. The summed E-state index contributed by atoms with van der Waals surface area (Å²) in [5.74, 6) is 0.955. The first-order valence-electron chi connectivity index (χ1n) is 15.9. The van der Waals surface area contributed by atoms with Gasteiger partial charge < -0.3 is 9.13 Å². The van der Waals surface area contributed by atoms with Crippen LogP contribution in [0, 0.1) is 0 Å². The summed E-state index contributed by atoms with van der Waals surface area (Å²) in [4.78, 5) is 10.1. The second kappa shape index (κ2) is 11.0. The molecule has 9 aromatic rings. The van der Waals surface area contributed by atoms with E-state index in [0.717, 1.165) is 56.1 Å². The fourth-order valence-electron chi connectivity index (χ4n) is 6.82. The Kier molecular flexibility index (Phi) is 6.32. The zero-order valence-electron chi connectivity index (χ0n) is 25.9. The quantitative estimate of drug-likeness (QED) is 0.196. The van der Waals surface area contributed by atoms with E-state index in [4.69, 9.17) is 9.97 Å². The van der Waals surface area contributed by atoms with Crippen LogP contribution in [0.3, 0.4) is 0 Å². The van der Waals surface area contributed by atoms with E-state index in [1.807, 2.05) is 12.1 Å². The maximum atomic E-state index is 5.13. The highest BCUT2D eigenvalue weighted by Gasteiger charge is 2.16. The van der Waals surface area contributed by atoms with E-state index in [2.05, 4.69) is 168 Å². The first-order valence-corrected chi connectivity index (χ1v) is 15.9. The van der Waals surface area contributed by atoms with Crippen LogP contribution in [-0.2, 0) is 7.05 Å². The minimum Gasteiger partial charge on any atom is -0.327 e. The van der Waals surface area contributed by atoms with Gasteiger partial charge in [0.25, 0.3) is 0 Å². The van der Waals surface area contributed by atoms with E-state index in [-0.39, 0.29) is 0 Å². The molecule has 0 N–H and O–H groups in total. The van der Waals surface area contributed by atoms with Crippen molar-refractivity contribution in [3.05, 3.63) is 164 Å². The average molecular weight is 603 g/mol. The molecular formula is C43H30N4. The molecule has 3 heterocycles. The molecule has 0 aliphatic carbocycles. The van der Waals surface area contributed by atoms with Crippen LogP contribution in [0.2, 0.25) is 0 Å². The number of benzene rings is 6. The minimum atomic E-state index is 0.942. The largest absolute Gasteiger partial charge is 0.327 e. The third kappa shape index (κ3) is 4.62. The summed E-state index contributed by atoms with van der Waals surface area (Å²) in [5, 5.41) is 2.44. The smallest absolute Gasteiger partial charge is 0.140 e. The molecule has 0 saturated heterocycles. The van der Waals surface area contributed by atoms with Gasteiger partial charge in [-0.2, -0.15) is 0 Å². The van der Waals surface area contributed by atoms with Crippen LogP contribution in [0.5, 0.6) is 0 Å². The topological polar surface area (TPSA) is 35.6 Å². The van der Waals surface area contributed by atoms with Gasteiger partial charge in [0, 0.05) is 40.2 Å². The summed E-state index contributed by atoms with van der Waals surface area (Å²) in [6, 6.07) is 57.8. The number of hydrogen-bond acceptors (Lipinski definition) is 2. The van der Waals surface area contributed by atoms with Crippen molar-refractivity contribution in [3.63, 3.8) is 0 Å². The van der Waals surface area contributed by atoms with Crippen molar-refractivity contribution in [2.75, 3.05) is 0 Å². The summed E-state index contributed by atoms with van der Waals surface area (Å²) < 4.78 is 4.55. The average Bonchev–Trinajstić information content (AvgIpc) is 3.66. The van der Waals surface area contributed by atoms with E-state index in [9.17, 15) is 0 Å². The second-order valence-electron chi connectivity index (χ2n) is 12.0. The van der Waals surface area contributed by atoms with Gasteiger partial charge >= 0.3 is 0 Å². The number of hydrogen-bond donors (Lipinski definition) is 0. The first-order chi connectivity index (χ1) is 23.2. The summed E-state index contributed by atoms with van der Waals surface area (Å²) >= 11 is 0. The number of para-hydroxylation sites is 3. The Morgan fingerprint density at radius 3 is 1.85 bits per heavy atom. The van der Waals surface area contributed by atoms with Crippen LogP contribution in [0.1, 0.15) is 0 Å². The molecule has 0 atom stereocenters. The fourth-order valence-corrected chi connectivity index (χ4v) is 6.82. The second-order valence-corrected chi connectivity index (χ2v) is 12.0. The van der Waals surface area contributed by atoms with Gasteiger partial charge in [-0.25, -0.2) is 9.97 Å². The van der Waals surface area contributed by atoms with E-state index in [0.29, 0.717) is 0 Å². The summed E-state index contributed by atoms with van der Waals surface area (Å²) in [5.41, 5.74) is 13.1. The highest BCUT2D eigenvalue weighted by molar-refractivity contribution is 6.10. The van der Waals surface area contributed by atoms with Crippen LogP contribution in [0.4, 0.5) is 0 Å². The van der Waals surface area contributed by atoms with Gasteiger partial charge in [0.2, 0.25) is 0 Å². The molecule has 4 heteroatoms. The SMILES string of the molecule is Cn1c(-c2ccc3c4ccccc4n(-c4cccc(-c5cccc(-c6ccc(-c7ccccc7)cc6)n5)c4)c3c2)nc2ccccc21.